The number of para-hydroxylation sites is 1. The van der Waals surface area contributed by atoms with Crippen molar-refractivity contribution in [2.45, 2.75) is 0 Å². The van der Waals surface area contributed by atoms with E-state index >= 15 is 0 Å². The minimum atomic E-state index is -0.111. The molecule has 1 amide bonds. The van der Waals surface area contributed by atoms with Crippen molar-refractivity contribution >= 4 is 11.7 Å². The van der Waals surface area contributed by atoms with E-state index in [1.54, 1.807) is 17.3 Å². The van der Waals surface area contributed by atoms with Gasteiger partial charge in [-0.3, -0.25) is 9.78 Å². The predicted octanol–water partition coefficient (Wildman–Crippen LogP) is 2.08. The van der Waals surface area contributed by atoms with Gasteiger partial charge in [0.2, 0.25) is 0 Å². The van der Waals surface area contributed by atoms with Gasteiger partial charge in [0, 0.05) is 44.1 Å². The third kappa shape index (κ3) is 3.97. The van der Waals surface area contributed by atoms with Crippen LogP contribution in [0.25, 0.3) is 16.9 Å². The summed E-state index contributed by atoms with van der Waals surface area (Å²) in [5, 5.41) is 17.3. The van der Waals surface area contributed by atoms with Crippen LogP contribution in [-0.2, 0) is 0 Å². The van der Waals surface area contributed by atoms with Crippen molar-refractivity contribution in [1.82, 2.24) is 35.1 Å². The van der Waals surface area contributed by atoms with Crippen LogP contribution in [-0.4, -0.2) is 67.2 Å². The highest BCUT2D eigenvalue weighted by atomic mass is 16.2. The highest BCUT2D eigenvalue weighted by molar-refractivity contribution is 5.92. The first-order valence-electron chi connectivity index (χ1n) is 10.0. The largest absolute Gasteiger partial charge is 0.352 e. The number of aromatic nitrogens is 6. The number of carbonyl (C=O) groups is 1. The molecule has 9 nitrogen and oxygen atoms in total. The lowest BCUT2D eigenvalue weighted by Crippen LogP contribution is -2.49. The number of carbonyl (C=O) groups excluding carboxylic acids is 1. The van der Waals surface area contributed by atoms with Crippen molar-refractivity contribution in [3.8, 4) is 16.9 Å². The lowest BCUT2D eigenvalue weighted by Gasteiger charge is -2.34. The molecule has 1 fully saturated rings. The minimum Gasteiger partial charge on any atom is -0.352 e. The van der Waals surface area contributed by atoms with E-state index in [4.69, 9.17) is 0 Å². The van der Waals surface area contributed by atoms with Gasteiger partial charge < -0.3 is 9.80 Å². The van der Waals surface area contributed by atoms with Gasteiger partial charge >= 0.3 is 0 Å². The van der Waals surface area contributed by atoms with Crippen LogP contribution in [0.2, 0.25) is 0 Å². The molecule has 1 saturated heterocycles. The molecular weight excluding hydrogens is 392 g/mol. The summed E-state index contributed by atoms with van der Waals surface area (Å²) in [6, 6.07) is 17.3. The molecule has 0 aliphatic carbocycles. The third-order valence-electron chi connectivity index (χ3n) is 5.20. The predicted molar refractivity (Wildman–Crippen MR) is 115 cm³/mol. The molecule has 9 heteroatoms. The first-order chi connectivity index (χ1) is 15.3. The highest BCUT2D eigenvalue weighted by Crippen LogP contribution is 2.19. The maximum absolute atomic E-state index is 12.8. The monoisotopic (exact) mass is 412 g/mol. The summed E-state index contributed by atoms with van der Waals surface area (Å²) in [6.07, 6.45) is 5.01. The molecule has 4 aromatic rings. The quantitative estimate of drug-likeness (QED) is 0.507. The van der Waals surface area contributed by atoms with E-state index in [1.807, 2.05) is 54.6 Å². The van der Waals surface area contributed by atoms with Crippen molar-refractivity contribution < 1.29 is 4.79 Å². The van der Waals surface area contributed by atoms with E-state index in [2.05, 4.69) is 30.3 Å². The van der Waals surface area contributed by atoms with E-state index in [0.717, 1.165) is 22.8 Å². The van der Waals surface area contributed by atoms with E-state index in [0.29, 0.717) is 31.9 Å². The standard InChI is InChI=1S/C22H20N8O/c31-22(20-16-24-30(27-20)18-6-2-1-3-7-18)29-13-11-28(12-14-29)21-9-8-19(25-26-21)17-5-4-10-23-15-17/h1-10,15-16H,11-14H2. The van der Waals surface area contributed by atoms with Gasteiger partial charge in [0.05, 0.1) is 17.6 Å². The molecule has 0 atom stereocenters. The van der Waals surface area contributed by atoms with Gasteiger partial charge in [0.1, 0.15) is 0 Å². The third-order valence-corrected chi connectivity index (χ3v) is 5.20. The Balaban J connectivity index is 1.21. The number of hydrogen-bond acceptors (Lipinski definition) is 7. The number of amides is 1. The van der Waals surface area contributed by atoms with Gasteiger partial charge in [0.25, 0.3) is 5.91 Å². The number of pyridine rings is 1. The Bertz CT molecular complexity index is 1150. The zero-order chi connectivity index (χ0) is 21.0. The Hall–Kier alpha value is -4.14. The van der Waals surface area contributed by atoms with Crippen LogP contribution in [0, 0.1) is 0 Å². The zero-order valence-electron chi connectivity index (χ0n) is 16.7. The molecule has 1 aliphatic rings. The smallest absolute Gasteiger partial charge is 0.276 e. The molecule has 31 heavy (non-hydrogen) atoms. The Morgan fingerprint density at radius 3 is 2.39 bits per heavy atom. The molecule has 0 radical (unpaired) electrons. The SMILES string of the molecule is O=C(c1cnn(-c2ccccc2)n1)N1CCN(c2ccc(-c3cccnc3)nn2)CC1. The van der Waals surface area contributed by atoms with Crippen LogP contribution in [0.1, 0.15) is 10.5 Å². The van der Waals surface area contributed by atoms with Crippen molar-refractivity contribution in [1.29, 1.82) is 0 Å². The zero-order valence-corrected chi connectivity index (χ0v) is 16.7. The summed E-state index contributed by atoms with van der Waals surface area (Å²) in [6.45, 7) is 2.53. The van der Waals surface area contributed by atoms with Crippen LogP contribution in [0.15, 0.2) is 73.2 Å². The fraction of sp³-hybridized carbons (Fsp3) is 0.182. The first kappa shape index (κ1) is 18.9. The van der Waals surface area contributed by atoms with Crippen LogP contribution in [0.4, 0.5) is 5.82 Å². The molecule has 1 aromatic carbocycles. The molecule has 0 spiro atoms. The normalized spacial score (nSPS) is 13.9. The van der Waals surface area contributed by atoms with Gasteiger partial charge in [-0.2, -0.15) is 9.90 Å². The maximum Gasteiger partial charge on any atom is 0.276 e. The maximum atomic E-state index is 12.8. The van der Waals surface area contributed by atoms with E-state index in [-0.39, 0.29) is 5.91 Å². The lowest BCUT2D eigenvalue weighted by atomic mass is 10.2. The van der Waals surface area contributed by atoms with Crippen LogP contribution >= 0.6 is 0 Å². The van der Waals surface area contributed by atoms with E-state index in [1.165, 1.54) is 11.0 Å². The molecule has 5 rings (SSSR count). The summed E-state index contributed by atoms with van der Waals surface area (Å²) < 4.78 is 0. The molecule has 3 aromatic heterocycles. The second kappa shape index (κ2) is 8.31. The summed E-state index contributed by atoms with van der Waals surface area (Å²) >= 11 is 0. The fourth-order valence-electron chi connectivity index (χ4n) is 3.51. The molecule has 0 unspecified atom stereocenters. The lowest BCUT2D eigenvalue weighted by molar-refractivity contribution is 0.0740. The molecular formula is C22H20N8O. The Labute approximate surface area is 179 Å². The second-order valence-corrected chi connectivity index (χ2v) is 7.15. The topological polar surface area (TPSA) is 92.9 Å². The van der Waals surface area contributed by atoms with Gasteiger partial charge in [-0.1, -0.05) is 18.2 Å². The van der Waals surface area contributed by atoms with Crippen LogP contribution in [0.5, 0.6) is 0 Å². The fourth-order valence-corrected chi connectivity index (χ4v) is 3.51. The van der Waals surface area contributed by atoms with Crippen LogP contribution in [0.3, 0.4) is 0 Å². The van der Waals surface area contributed by atoms with Crippen molar-refractivity contribution in [3.05, 3.63) is 78.9 Å². The Morgan fingerprint density at radius 2 is 1.68 bits per heavy atom. The van der Waals surface area contributed by atoms with Gasteiger partial charge in [-0.25, -0.2) is 0 Å². The molecule has 1 aliphatic heterocycles. The van der Waals surface area contributed by atoms with Crippen molar-refractivity contribution in [2.24, 2.45) is 0 Å². The summed E-state index contributed by atoms with van der Waals surface area (Å²) in [5.74, 6) is 0.689. The number of benzene rings is 1. The average Bonchev–Trinajstić information content (AvgIpc) is 3.35. The highest BCUT2D eigenvalue weighted by Gasteiger charge is 2.25. The first-order valence-corrected chi connectivity index (χ1v) is 10.0. The number of hydrogen-bond donors (Lipinski definition) is 0. The summed E-state index contributed by atoms with van der Waals surface area (Å²) in [4.78, 5) is 22.4. The number of nitrogens with zero attached hydrogens (tertiary/aromatic N) is 8. The molecule has 0 bridgehead atoms. The Kier molecular flexibility index (Phi) is 5.05. The van der Waals surface area contributed by atoms with Gasteiger partial charge in [0.15, 0.2) is 11.5 Å². The van der Waals surface area contributed by atoms with E-state index < -0.39 is 0 Å². The molecule has 0 saturated carbocycles. The van der Waals surface area contributed by atoms with Gasteiger partial charge in [-0.05, 0) is 36.4 Å². The van der Waals surface area contributed by atoms with Gasteiger partial charge in [-0.15, -0.1) is 15.3 Å². The number of rotatable bonds is 4. The van der Waals surface area contributed by atoms with E-state index in [9.17, 15) is 4.79 Å². The molecule has 154 valence electrons. The van der Waals surface area contributed by atoms with Crippen LogP contribution < -0.4 is 4.90 Å². The van der Waals surface area contributed by atoms with Crippen molar-refractivity contribution in [2.75, 3.05) is 31.1 Å². The van der Waals surface area contributed by atoms with Crippen molar-refractivity contribution in [3.63, 3.8) is 0 Å². The minimum absolute atomic E-state index is 0.111. The average molecular weight is 412 g/mol. The molecule has 0 N–H and O–H groups in total. The number of piperazine rings is 1. The Morgan fingerprint density at radius 1 is 0.839 bits per heavy atom. The second-order valence-electron chi connectivity index (χ2n) is 7.15. The number of anilines is 1. The summed E-state index contributed by atoms with van der Waals surface area (Å²) in [7, 11) is 0. The summed E-state index contributed by atoms with van der Waals surface area (Å²) in [5.41, 5.74) is 2.88. The molecule has 4 heterocycles.